The van der Waals surface area contributed by atoms with E-state index in [4.69, 9.17) is 4.74 Å². The predicted molar refractivity (Wildman–Crippen MR) is 125 cm³/mol. The first-order valence-corrected chi connectivity index (χ1v) is 10.4. The normalized spacial score (nSPS) is 31.7. The third-order valence-electron chi connectivity index (χ3n) is 6.34. The molecule has 5 nitrogen and oxygen atoms in total. The summed E-state index contributed by atoms with van der Waals surface area (Å²) in [6.07, 6.45) is 2.67. The van der Waals surface area contributed by atoms with Crippen LogP contribution in [0, 0.1) is 11.3 Å². The van der Waals surface area contributed by atoms with Crippen molar-refractivity contribution in [2.45, 2.75) is 44.9 Å². The van der Waals surface area contributed by atoms with Crippen LogP contribution in [0.3, 0.4) is 0 Å². The molecule has 4 atom stereocenters. The Labute approximate surface area is 187 Å². The molecule has 3 aliphatic rings. The first-order chi connectivity index (χ1) is 12.5. The molecular weight excluding hydrogens is 519 g/mol. The summed E-state index contributed by atoms with van der Waals surface area (Å²) in [7, 11) is 1.87. The lowest BCUT2D eigenvalue weighted by Crippen LogP contribution is -2.68. The lowest BCUT2D eigenvalue weighted by atomic mass is 9.57. The minimum atomic E-state index is 0. The van der Waals surface area contributed by atoms with Gasteiger partial charge in [0.2, 0.25) is 0 Å². The number of nitrogens with one attached hydrogen (secondary N) is 2. The van der Waals surface area contributed by atoms with Crippen molar-refractivity contribution in [3.05, 3.63) is 28.7 Å². The molecule has 2 saturated heterocycles. The van der Waals surface area contributed by atoms with Crippen molar-refractivity contribution in [1.29, 1.82) is 0 Å². The van der Waals surface area contributed by atoms with E-state index >= 15 is 0 Å². The van der Waals surface area contributed by atoms with Gasteiger partial charge in [0.25, 0.3) is 0 Å². The molecule has 4 rings (SSSR count). The molecule has 0 aromatic heterocycles. The number of nitrogens with zero attached hydrogens (tertiary/aromatic N) is 2. The van der Waals surface area contributed by atoms with Crippen LogP contribution in [0.4, 0.5) is 5.69 Å². The fourth-order valence-corrected chi connectivity index (χ4v) is 5.47. The molecular formula is C20H30BrIN4O. The van der Waals surface area contributed by atoms with Crippen LogP contribution in [0.25, 0.3) is 0 Å². The van der Waals surface area contributed by atoms with Crippen molar-refractivity contribution in [3.8, 4) is 0 Å². The summed E-state index contributed by atoms with van der Waals surface area (Å²) in [5.74, 6) is 1.54. The van der Waals surface area contributed by atoms with Crippen molar-refractivity contribution in [3.63, 3.8) is 0 Å². The molecule has 7 heteroatoms. The largest absolute Gasteiger partial charge is 0.377 e. The predicted octanol–water partition coefficient (Wildman–Crippen LogP) is 3.62. The Morgan fingerprint density at radius 2 is 2.04 bits per heavy atom. The second kappa shape index (κ2) is 8.45. The molecule has 0 bridgehead atoms. The van der Waals surface area contributed by atoms with Gasteiger partial charge in [-0.1, -0.05) is 26.0 Å². The summed E-state index contributed by atoms with van der Waals surface area (Å²) in [5, 5.41) is 7.33. The van der Waals surface area contributed by atoms with Gasteiger partial charge in [-0.3, -0.25) is 4.99 Å². The lowest BCUT2D eigenvalue weighted by molar-refractivity contribution is -0.106. The Bertz CT molecular complexity index is 698. The van der Waals surface area contributed by atoms with Crippen LogP contribution >= 0.6 is 39.9 Å². The van der Waals surface area contributed by atoms with Crippen molar-refractivity contribution in [2.75, 3.05) is 31.6 Å². The van der Waals surface area contributed by atoms with Crippen molar-refractivity contribution in [1.82, 2.24) is 10.6 Å². The summed E-state index contributed by atoms with van der Waals surface area (Å²) < 4.78 is 7.07. The Hall–Kier alpha value is -0.540. The van der Waals surface area contributed by atoms with E-state index in [9.17, 15) is 0 Å². The summed E-state index contributed by atoms with van der Waals surface area (Å²) in [4.78, 5) is 6.93. The molecule has 150 valence electrons. The van der Waals surface area contributed by atoms with Gasteiger partial charge in [0.15, 0.2) is 5.96 Å². The molecule has 3 fully saturated rings. The number of anilines is 1. The maximum Gasteiger partial charge on any atom is 0.191 e. The Kier molecular flexibility index (Phi) is 6.63. The zero-order valence-corrected chi connectivity index (χ0v) is 20.2. The van der Waals surface area contributed by atoms with Crippen LogP contribution in [-0.4, -0.2) is 50.9 Å². The highest BCUT2D eigenvalue weighted by molar-refractivity contribution is 14.0. The maximum absolute atomic E-state index is 5.91. The third-order valence-corrected chi connectivity index (χ3v) is 7.01. The zero-order chi connectivity index (χ0) is 18.3. The van der Waals surface area contributed by atoms with E-state index in [0.717, 1.165) is 43.0 Å². The van der Waals surface area contributed by atoms with Crippen LogP contribution < -0.4 is 15.5 Å². The quantitative estimate of drug-likeness (QED) is 0.344. The summed E-state index contributed by atoms with van der Waals surface area (Å²) in [5.41, 5.74) is 1.43. The first kappa shape index (κ1) is 21.2. The van der Waals surface area contributed by atoms with Gasteiger partial charge < -0.3 is 20.3 Å². The molecule has 2 heterocycles. The van der Waals surface area contributed by atoms with Crippen LogP contribution in [0.5, 0.6) is 0 Å². The Morgan fingerprint density at radius 3 is 2.78 bits per heavy atom. The number of para-hydroxylation sites is 1. The maximum atomic E-state index is 5.91. The molecule has 0 radical (unpaired) electrons. The second-order valence-corrected chi connectivity index (χ2v) is 9.14. The van der Waals surface area contributed by atoms with Crippen LogP contribution in [0.2, 0.25) is 0 Å². The number of guanidine groups is 1. The van der Waals surface area contributed by atoms with Crippen molar-refractivity contribution in [2.24, 2.45) is 16.3 Å². The van der Waals surface area contributed by atoms with E-state index < -0.39 is 0 Å². The van der Waals surface area contributed by atoms with E-state index in [1.54, 1.807) is 0 Å². The molecule has 1 aromatic carbocycles. The minimum absolute atomic E-state index is 0. The molecule has 1 aromatic rings. The number of hydrogen-bond acceptors (Lipinski definition) is 3. The smallest absolute Gasteiger partial charge is 0.191 e. The number of ether oxygens (including phenoxy) is 1. The Morgan fingerprint density at radius 1 is 1.26 bits per heavy atom. The molecule has 27 heavy (non-hydrogen) atoms. The van der Waals surface area contributed by atoms with Gasteiger partial charge in [-0.05, 0) is 40.9 Å². The average molecular weight is 549 g/mol. The summed E-state index contributed by atoms with van der Waals surface area (Å²) >= 11 is 3.67. The van der Waals surface area contributed by atoms with Crippen molar-refractivity contribution >= 4 is 51.6 Å². The number of aliphatic imine (C=N–C) groups is 1. The number of rotatable bonds is 3. The highest BCUT2D eigenvalue weighted by Crippen LogP contribution is 2.52. The number of hydrogen-bond donors (Lipinski definition) is 2. The first-order valence-electron chi connectivity index (χ1n) is 9.61. The molecule has 1 aliphatic carbocycles. The molecule has 4 unspecified atom stereocenters. The monoisotopic (exact) mass is 548 g/mol. The SMILES string of the molecule is CN=C(NC1CCN(c2ccccc2Br)C1)NC1C2CCOC2C1(C)C.I. The molecule has 0 amide bonds. The van der Waals surface area contributed by atoms with Gasteiger partial charge >= 0.3 is 0 Å². The summed E-state index contributed by atoms with van der Waals surface area (Å²) in [6, 6.07) is 9.28. The van der Waals surface area contributed by atoms with Gasteiger partial charge in [-0.25, -0.2) is 0 Å². The molecule has 1 saturated carbocycles. The van der Waals surface area contributed by atoms with Gasteiger partial charge in [-0.15, -0.1) is 24.0 Å². The highest BCUT2D eigenvalue weighted by Gasteiger charge is 2.59. The van der Waals surface area contributed by atoms with E-state index in [1.165, 1.54) is 5.69 Å². The van der Waals surface area contributed by atoms with E-state index in [0.29, 0.717) is 24.1 Å². The van der Waals surface area contributed by atoms with Crippen LogP contribution in [-0.2, 0) is 4.74 Å². The zero-order valence-electron chi connectivity index (χ0n) is 16.2. The van der Waals surface area contributed by atoms with Gasteiger partial charge in [0.1, 0.15) is 0 Å². The van der Waals surface area contributed by atoms with E-state index in [2.05, 4.69) is 74.6 Å². The minimum Gasteiger partial charge on any atom is -0.377 e. The second-order valence-electron chi connectivity index (χ2n) is 8.29. The van der Waals surface area contributed by atoms with E-state index in [1.807, 2.05) is 7.05 Å². The molecule has 2 N–H and O–H groups in total. The lowest BCUT2D eigenvalue weighted by Gasteiger charge is -2.55. The standard InChI is InChI=1S/C20H29BrN4O.HI/c1-20(2)17(14-9-11-26-18(14)20)24-19(22-3)23-13-8-10-25(12-13)16-7-5-4-6-15(16)21;/h4-7,13-14,17-18H,8-12H2,1-3H3,(H2,22,23,24);1H. The number of fused-ring (bicyclic) bond motifs is 1. The fourth-order valence-electron chi connectivity index (χ4n) is 4.93. The van der Waals surface area contributed by atoms with E-state index in [-0.39, 0.29) is 29.4 Å². The highest BCUT2D eigenvalue weighted by atomic mass is 127. The fraction of sp³-hybridized carbons (Fsp3) is 0.650. The topological polar surface area (TPSA) is 48.9 Å². The average Bonchev–Trinajstić information content (AvgIpc) is 3.27. The molecule has 2 aliphatic heterocycles. The number of halogens is 2. The van der Waals surface area contributed by atoms with Gasteiger partial charge in [0.05, 0.1) is 11.8 Å². The van der Waals surface area contributed by atoms with Crippen LogP contribution in [0.1, 0.15) is 26.7 Å². The Balaban J connectivity index is 0.00000210. The van der Waals surface area contributed by atoms with Gasteiger partial charge in [-0.2, -0.15) is 0 Å². The third kappa shape index (κ3) is 3.96. The molecule has 0 spiro atoms. The van der Waals surface area contributed by atoms with Crippen LogP contribution in [0.15, 0.2) is 33.7 Å². The van der Waals surface area contributed by atoms with Crippen molar-refractivity contribution < 1.29 is 4.74 Å². The number of benzene rings is 1. The summed E-state index contributed by atoms with van der Waals surface area (Å²) in [6.45, 7) is 7.55. The van der Waals surface area contributed by atoms with Gasteiger partial charge in [0, 0.05) is 54.6 Å².